The summed E-state index contributed by atoms with van der Waals surface area (Å²) in [5.41, 5.74) is 0. The van der Waals surface area contributed by atoms with Crippen LogP contribution in [0.25, 0.3) is 0 Å². The predicted octanol–water partition coefficient (Wildman–Crippen LogP) is 2.36. The number of hydrogen-bond donors (Lipinski definition) is 0. The molecule has 0 amide bonds. The van der Waals surface area contributed by atoms with Crippen molar-refractivity contribution in [3.8, 4) is 0 Å². The van der Waals surface area contributed by atoms with Crippen LogP contribution in [0.15, 0.2) is 0 Å². The van der Waals surface area contributed by atoms with Gasteiger partial charge in [0.05, 0.1) is 27.4 Å². The molecule has 0 atom stereocenters. The largest absolute Gasteiger partial charge is 0.507 e. The van der Waals surface area contributed by atoms with Crippen molar-refractivity contribution < 1.29 is 28.5 Å². The maximum atomic E-state index is 10.8. The van der Waals surface area contributed by atoms with E-state index < -0.39 is 12.3 Å². The molecule has 1 fully saturated rings. The van der Waals surface area contributed by atoms with Crippen molar-refractivity contribution in [2.75, 3.05) is 27.4 Å². The van der Waals surface area contributed by atoms with Gasteiger partial charge in [-0.2, -0.15) is 0 Å². The van der Waals surface area contributed by atoms with E-state index in [4.69, 9.17) is 9.47 Å². The third-order valence-corrected chi connectivity index (χ3v) is 3.17. The van der Waals surface area contributed by atoms with Crippen LogP contribution in [0.3, 0.4) is 0 Å². The molecule has 0 aliphatic heterocycles. The summed E-state index contributed by atoms with van der Waals surface area (Å²) >= 11 is 0. The fraction of sp³-hybridized carbons (Fsp3) is 0.833. The first-order valence-corrected chi connectivity index (χ1v) is 6.07. The first-order chi connectivity index (χ1) is 8.65. The Morgan fingerprint density at radius 3 is 1.44 bits per heavy atom. The molecule has 0 aromatic rings. The average molecular weight is 260 g/mol. The molecule has 18 heavy (non-hydrogen) atoms. The summed E-state index contributed by atoms with van der Waals surface area (Å²) in [6.45, 7) is 0.800. The lowest BCUT2D eigenvalue weighted by Crippen LogP contribution is -2.23. The lowest BCUT2D eigenvalue weighted by molar-refractivity contribution is 0.0361. The van der Waals surface area contributed by atoms with Gasteiger partial charge in [0, 0.05) is 0 Å². The highest BCUT2D eigenvalue weighted by Gasteiger charge is 2.23. The molecule has 0 bridgehead atoms. The van der Waals surface area contributed by atoms with E-state index in [9.17, 15) is 9.59 Å². The van der Waals surface area contributed by atoms with Gasteiger partial charge in [0.25, 0.3) is 0 Å². The summed E-state index contributed by atoms with van der Waals surface area (Å²) in [6, 6.07) is 0. The molecule has 1 rings (SSSR count). The van der Waals surface area contributed by atoms with Crippen molar-refractivity contribution >= 4 is 12.3 Å². The predicted molar refractivity (Wildman–Crippen MR) is 62.2 cm³/mol. The van der Waals surface area contributed by atoms with Crippen molar-refractivity contribution in [3.63, 3.8) is 0 Å². The SMILES string of the molecule is COC(=O)OCC1CCC(COC(=O)OC)CC1. The Morgan fingerprint density at radius 1 is 0.833 bits per heavy atom. The van der Waals surface area contributed by atoms with Gasteiger partial charge in [-0.1, -0.05) is 0 Å². The molecule has 0 aromatic carbocycles. The van der Waals surface area contributed by atoms with E-state index in [0.29, 0.717) is 25.0 Å². The van der Waals surface area contributed by atoms with E-state index in [1.807, 2.05) is 0 Å². The molecule has 6 heteroatoms. The van der Waals surface area contributed by atoms with Gasteiger partial charge < -0.3 is 18.9 Å². The molecular formula is C12H20O6. The fourth-order valence-corrected chi connectivity index (χ4v) is 2.05. The van der Waals surface area contributed by atoms with Crippen LogP contribution >= 0.6 is 0 Å². The standard InChI is InChI=1S/C12H20O6/c1-15-11(13)17-7-9-3-5-10(6-4-9)8-18-12(14)16-2/h9-10H,3-8H2,1-2H3. The molecule has 0 heterocycles. The van der Waals surface area contributed by atoms with Crippen LogP contribution < -0.4 is 0 Å². The van der Waals surface area contributed by atoms with Crippen molar-refractivity contribution in [1.29, 1.82) is 0 Å². The van der Waals surface area contributed by atoms with Crippen LogP contribution in [-0.4, -0.2) is 39.7 Å². The zero-order chi connectivity index (χ0) is 13.4. The third kappa shape index (κ3) is 5.25. The van der Waals surface area contributed by atoms with Crippen LogP contribution in [0, 0.1) is 11.8 Å². The number of hydrogen-bond acceptors (Lipinski definition) is 6. The molecular weight excluding hydrogens is 240 g/mol. The smallest absolute Gasteiger partial charge is 0.438 e. The minimum Gasteiger partial charge on any atom is -0.438 e. The molecule has 1 aliphatic rings. The Bertz CT molecular complexity index is 242. The molecule has 6 nitrogen and oxygen atoms in total. The summed E-state index contributed by atoms with van der Waals surface area (Å²) in [5.74, 6) is 0.747. The first-order valence-electron chi connectivity index (χ1n) is 6.07. The molecule has 0 unspecified atom stereocenters. The zero-order valence-electron chi connectivity index (χ0n) is 10.8. The van der Waals surface area contributed by atoms with E-state index >= 15 is 0 Å². The normalized spacial score (nSPS) is 23.0. The quantitative estimate of drug-likeness (QED) is 0.722. The number of carbonyl (C=O) groups excluding carboxylic acids is 2. The maximum Gasteiger partial charge on any atom is 0.507 e. The lowest BCUT2D eigenvalue weighted by atomic mass is 9.83. The fourth-order valence-electron chi connectivity index (χ4n) is 2.05. The Morgan fingerprint density at radius 2 is 1.17 bits per heavy atom. The summed E-state index contributed by atoms with van der Waals surface area (Å²) < 4.78 is 18.6. The third-order valence-electron chi connectivity index (χ3n) is 3.17. The van der Waals surface area contributed by atoms with Crippen molar-refractivity contribution in [2.24, 2.45) is 11.8 Å². The topological polar surface area (TPSA) is 71.1 Å². The van der Waals surface area contributed by atoms with Gasteiger partial charge in [-0.05, 0) is 37.5 Å². The van der Waals surface area contributed by atoms with Crippen LogP contribution in [0.2, 0.25) is 0 Å². The van der Waals surface area contributed by atoms with E-state index in [-0.39, 0.29) is 0 Å². The van der Waals surface area contributed by atoms with E-state index in [1.54, 1.807) is 0 Å². The summed E-state index contributed by atoms with van der Waals surface area (Å²) in [5, 5.41) is 0. The summed E-state index contributed by atoms with van der Waals surface area (Å²) in [7, 11) is 2.59. The van der Waals surface area contributed by atoms with Gasteiger partial charge in [-0.25, -0.2) is 9.59 Å². The molecule has 0 N–H and O–H groups in total. The van der Waals surface area contributed by atoms with Crippen LogP contribution in [0.1, 0.15) is 25.7 Å². The summed E-state index contributed by atoms with van der Waals surface area (Å²) in [4.78, 5) is 21.6. The monoisotopic (exact) mass is 260 g/mol. The minimum atomic E-state index is -0.633. The average Bonchev–Trinajstić information content (AvgIpc) is 2.43. The van der Waals surface area contributed by atoms with Gasteiger partial charge >= 0.3 is 12.3 Å². The van der Waals surface area contributed by atoms with Gasteiger partial charge in [0.15, 0.2) is 0 Å². The van der Waals surface area contributed by atoms with E-state index in [1.165, 1.54) is 14.2 Å². The Hall–Kier alpha value is -1.46. The van der Waals surface area contributed by atoms with E-state index in [2.05, 4.69) is 9.47 Å². The number of rotatable bonds is 4. The molecule has 1 saturated carbocycles. The van der Waals surface area contributed by atoms with Gasteiger partial charge in [0.2, 0.25) is 0 Å². The Balaban J connectivity index is 2.12. The second-order valence-electron chi connectivity index (χ2n) is 4.42. The lowest BCUT2D eigenvalue weighted by Gasteiger charge is -2.27. The van der Waals surface area contributed by atoms with Gasteiger partial charge in [-0.3, -0.25) is 0 Å². The minimum absolute atomic E-state index is 0.374. The summed E-state index contributed by atoms with van der Waals surface area (Å²) in [6.07, 6.45) is 2.59. The second kappa shape index (κ2) is 7.79. The Labute approximate surface area is 107 Å². The van der Waals surface area contributed by atoms with E-state index in [0.717, 1.165) is 25.7 Å². The van der Waals surface area contributed by atoms with Crippen LogP contribution in [0.5, 0.6) is 0 Å². The van der Waals surface area contributed by atoms with Crippen LogP contribution in [-0.2, 0) is 18.9 Å². The first kappa shape index (κ1) is 14.6. The molecule has 0 saturated heterocycles. The highest BCUT2D eigenvalue weighted by Crippen LogP contribution is 2.29. The van der Waals surface area contributed by atoms with Crippen molar-refractivity contribution in [3.05, 3.63) is 0 Å². The van der Waals surface area contributed by atoms with Crippen molar-refractivity contribution in [1.82, 2.24) is 0 Å². The maximum absolute atomic E-state index is 10.8. The molecule has 1 aliphatic carbocycles. The van der Waals surface area contributed by atoms with Crippen LogP contribution in [0.4, 0.5) is 9.59 Å². The molecule has 104 valence electrons. The zero-order valence-corrected chi connectivity index (χ0v) is 10.8. The highest BCUT2D eigenvalue weighted by atomic mass is 16.7. The Kier molecular flexibility index (Phi) is 6.32. The molecule has 0 radical (unpaired) electrons. The van der Waals surface area contributed by atoms with Gasteiger partial charge in [0.1, 0.15) is 0 Å². The molecule has 0 spiro atoms. The second-order valence-corrected chi connectivity index (χ2v) is 4.42. The molecule has 0 aromatic heterocycles. The van der Waals surface area contributed by atoms with Crippen molar-refractivity contribution in [2.45, 2.75) is 25.7 Å². The van der Waals surface area contributed by atoms with Gasteiger partial charge in [-0.15, -0.1) is 0 Å². The number of methoxy groups -OCH3 is 2. The number of carbonyl (C=O) groups is 2. The number of ether oxygens (including phenoxy) is 4. The highest BCUT2D eigenvalue weighted by molar-refractivity contribution is 5.59.